The lowest BCUT2D eigenvalue weighted by Crippen LogP contribution is -2.46. The van der Waals surface area contributed by atoms with E-state index in [0.717, 1.165) is 6.07 Å². The summed E-state index contributed by atoms with van der Waals surface area (Å²) in [5.41, 5.74) is -2.27. The fourth-order valence-corrected chi connectivity index (χ4v) is 2.05. The number of carbonyl (C=O) groups excluding carboxylic acids is 1. The number of nitrogens with zero attached hydrogens (tertiary/aromatic N) is 2. The number of amides is 1. The average molecular weight is 303 g/mol. The monoisotopic (exact) mass is 303 g/mol. The van der Waals surface area contributed by atoms with Crippen LogP contribution in [0, 0.1) is 10.1 Å². The number of hydrogen-bond acceptors (Lipinski definition) is 4. The van der Waals surface area contributed by atoms with Crippen LogP contribution in [-0.2, 0) is 6.18 Å². The van der Waals surface area contributed by atoms with Gasteiger partial charge in [-0.25, -0.2) is 0 Å². The quantitative estimate of drug-likeness (QED) is 0.666. The number of non-ortho nitro benzene ring substituents is 1. The smallest absolute Gasteiger partial charge is 0.336 e. The van der Waals surface area contributed by atoms with Gasteiger partial charge in [0.2, 0.25) is 0 Å². The molecule has 0 aliphatic carbocycles. The zero-order chi connectivity index (χ0) is 15.6. The average Bonchev–Trinajstić information content (AvgIpc) is 2.46. The Labute approximate surface area is 117 Å². The molecule has 0 aromatic heterocycles. The number of halogens is 3. The Hall–Kier alpha value is -2.16. The molecule has 2 rings (SSSR count). The summed E-state index contributed by atoms with van der Waals surface area (Å²) in [6.45, 7) is 1.77. The first-order valence-corrected chi connectivity index (χ1v) is 6.16. The van der Waals surface area contributed by atoms with Crippen LogP contribution < -0.4 is 5.32 Å². The van der Waals surface area contributed by atoms with Crippen LogP contribution in [0.1, 0.15) is 15.9 Å². The van der Waals surface area contributed by atoms with Gasteiger partial charge in [0, 0.05) is 43.9 Å². The Morgan fingerprint density at radius 3 is 2.38 bits per heavy atom. The first kappa shape index (κ1) is 15.2. The molecule has 0 spiro atoms. The summed E-state index contributed by atoms with van der Waals surface area (Å²) in [6.07, 6.45) is -4.75. The second kappa shape index (κ2) is 5.68. The van der Waals surface area contributed by atoms with Crippen LogP contribution in [0.5, 0.6) is 0 Å². The van der Waals surface area contributed by atoms with Crippen molar-refractivity contribution in [2.45, 2.75) is 6.18 Å². The highest BCUT2D eigenvalue weighted by atomic mass is 19.4. The highest BCUT2D eigenvalue weighted by Gasteiger charge is 2.34. The number of alkyl halides is 3. The largest absolute Gasteiger partial charge is 0.416 e. The molecule has 9 heteroatoms. The highest BCUT2D eigenvalue weighted by Crippen LogP contribution is 2.32. The third kappa shape index (κ3) is 3.48. The van der Waals surface area contributed by atoms with Gasteiger partial charge in [-0.05, 0) is 6.07 Å². The Bertz CT molecular complexity index is 569. The molecule has 6 nitrogen and oxygen atoms in total. The van der Waals surface area contributed by atoms with Gasteiger partial charge in [0.15, 0.2) is 0 Å². The predicted molar refractivity (Wildman–Crippen MR) is 66.9 cm³/mol. The van der Waals surface area contributed by atoms with Crippen molar-refractivity contribution in [2.24, 2.45) is 0 Å². The van der Waals surface area contributed by atoms with E-state index in [4.69, 9.17) is 0 Å². The van der Waals surface area contributed by atoms with E-state index in [1.54, 1.807) is 0 Å². The maximum absolute atomic E-state index is 12.8. The highest BCUT2D eigenvalue weighted by molar-refractivity contribution is 5.95. The van der Waals surface area contributed by atoms with Crippen LogP contribution in [0.2, 0.25) is 0 Å². The van der Waals surface area contributed by atoms with Crippen LogP contribution in [-0.4, -0.2) is 41.9 Å². The molecule has 1 aliphatic heterocycles. The van der Waals surface area contributed by atoms with Crippen molar-refractivity contribution in [1.29, 1.82) is 0 Å². The van der Waals surface area contributed by atoms with E-state index in [9.17, 15) is 28.1 Å². The number of nitro benzene ring substituents is 1. The predicted octanol–water partition coefficient (Wildman–Crippen LogP) is 1.66. The van der Waals surface area contributed by atoms with Crippen LogP contribution in [0.25, 0.3) is 0 Å². The number of rotatable bonds is 2. The third-order valence-electron chi connectivity index (χ3n) is 3.11. The molecule has 21 heavy (non-hydrogen) atoms. The molecule has 1 N–H and O–H groups in total. The number of nitro groups is 1. The zero-order valence-electron chi connectivity index (χ0n) is 10.8. The maximum atomic E-state index is 12.8. The van der Waals surface area contributed by atoms with Crippen molar-refractivity contribution in [3.8, 4) is 0 Å². The van der Waals surface area contributed by atoms with E-state index >= 15 is 0 Å². The normalized spacial score (nSPS) is 15.9. The Kier molecular flexibility index (Phi) is 4.12. The first-order chi connectivity index (χ1) is 9.79. The summed E-state index contributed by atoms with van der Waals surface area (Å²) in [5, 5.41) is 13.7. The lowest BCUT2D eigenvalue weighted by atomic mass is 10.1. The minimum absolute atomic E-state index is 0.321. The molecule has 0 unspecified atom stereocenters. The van der Waals surface area contributed by atoms with E-state index < -0.39 is 28.3 Å². The number of hydrogen-bond donors (Lipinski definition) is 1. The first-order valence-electron chi connectivity index (χ1n) is 6.16. The van der Waals surface area contributed by atoms with E-state index in [2.05, 4.69) is 5.32 Å². The molecular formula is C12H12F3N3O3. The summed E-state index contributed by atoms with van der Waals surface area (Å²) in [7, 11) is 0. The molecule has 1 aromatic carbocycles. The summed E-state index contributed by atoms with van der Waals surface area (Å²) >= 11 is 0. The lowest BCUT2D eigenvalue weighted by molar-refractivity contribution is -0.385. The summed E-state index contributed by atoms with van der Waals surface area (Å²) < 4.78 is 38.3. The van der Waals surface area contributed by atoms with Crippen LogP contribution >= 0.6 is 0 Å². The molecule has 1 aromatic rings. The van der Waals surface area contributed by atoms with Crippen molar-refractivity contribution in [1.82, 2.24) is 10.2 Å². The number of carbonyl (C=O) groups is 1. The van der Waals surface area contributed by atoms with E-state index in [1.165, 1.54) is 4.90 Å². The van der Waals surface area contributed by atoms with E-state index in [1.807, 2.05) is 0 Å². The van der Waals surface area contributed by atoms with Gasteiger partial charge in [0.25, 0.3) is 11.6 Å². The van der Waals surface area contributed by atoms with Crippen LogP contribution in [0.3, 0.4) is 0 Å². The van der Waals surface area contributed by atoms with Crippen molar-refractivity contribution in [2.75, 3.05) is 26.2 Å². The second-order valence-electron chi connectivity index (χ2n) is 4.57. The maximum Gasteiger partial charge on any atom is 0.416 e. The van der Waals surface area contributed by atoms with Crippen molar-refractivity contribution in [3.63, 3.8) is 0 Å². The molecule has 0 atom stereocenters. The van der Waals surface area contributed by atoms with Gasteiger partial charge >= 0.3 is 6.18 Å². The number of piperazine rings is 1. The van der Waals surface area contributed by atoms with Gasteiger partial charge in [0.1, 0.15) is 0 Å². The molecule has 114 valence electrons. The van der Waals surface area contributed by atoms with Gasteiger partial charge < -0.3 is 10.2 Å². The molecule has 1 saturated heterocycles. The minimum Gasteiger partial charge on any atom is -0.336 e. The standard InChI is InChI=1S/C12H12F3N3O3/c13-12(14,15)9-5-8(6-10(7-9)18(20)21)11(19)17-3-1-16-2-4-17/h5-7,16H,1-4H2. The Balaban J connectivity index is 2.39. The van der Waals surface area contributed by atoms with E-state index in [-0.39, 0.29) is 5.56 Å². The van der Waals surface area contributed by atoms with Gasteiger partial charge in [-0.3, -0.25) is 14.9 Å². The molecule has 0 radical (unpaired) electrons. The summed E-state index contributed by atoms with van der Waals surface area (Å²) in [5.74, 6) is -0.634. The van der Waals surface area contributed by atoms with Gasteiger partial charge in [-0.1, -0.05) is 0 Å². The van der Waals surface area contributed by atoms with Crippen molar-refractivity contribution < 1.29 is 22.9 Å². The number of nitrogens with one attached hydrogen (secondary N) is 1. The molecule has 1 heterocycles. The third-order valence-corrected chi connectivity index (χ3v) is 3.11. The molecule has 1 aliphatic rings. The zero-order valence-corrected chi connectivity index (χ0v) is 10.8. The van der Waals surface area contributed by atoms with E-state index in [0.29, 0.717) is 38.3 Å². The van der Waals surface area contributed by atoms with Gasteiger partial charge in [0.05, 0.1) is 10.5 Å². The van der Waals surface area contributed by atoms with Gasteiger partial charge in [-0.15, -0.1) is 0 Å². The fraction of sp³-hybridized carbons (Fsp3) is 0.417. The van der Waals surface area contributed by atoms with Gasteiger partial charge in [-0.2, -0.15) is 13.2 Å². The molecular weight excluding hydrogens is 291 g/mol. The molecule has 0 saturated carbocycles. The van der Waals surface area contributed by atoms with Crippen LogP contribution in [0.4, 0.5) is 18.9 Å². The van der Waals surface area contributed by atoms with Crippen molar-refractivity contribution in [3.05, 3.63) is 39.4 Å². The summed E-state index contributed by atoms with van der Waals surface area (Å²) in [6, 6.07) is 1.95. The Morgan fingerprint density at radius 2 is 1.86 bits per heavy atom. The minimum atomic E-state index is -4.75. The number of benzene rings is 1. The second-order valence-corrected chi connectivity index (χ2v) is 4.57. The van der Waals surface area contributed by atoms with Crippen LogP contribution in [0.15, 0.2) is 18.2 Å². The molecule has 1 fully saturated rings. The SMILES string of the molecule is O=C(c1cc([N+](=O)[O-])cc(C(F)(F)F)c1)N1CCNCC1. The summed E-state index contributed by atoms with van der Waals surface area (Å²) in [4.78, 5) is 23.3. The topological polar surface area (TPSA) is 75.5 Å². The lowest BCUT2D eigenvalue weighted by Gasteiger charge is -2.27. The van der Waals surface area contributed by atoms with Crippen molar-refractivity contribution >= 4 is 11.6 Å². The fourth-order valence-electron chi connectivity index (χ4n) is 2.05. The Morgan fingerprint density at radius 1 is 1.24 bits per heavy atom. The molecule has 1 amide bonds. The molecule has 0 bridgehead atoms.